The van der Waals surface area contributed by atoms with Crippen molar-refractivity contribution in [3.8, 4) is 33.4 Å². The first-order valence-electron chi connectivity index (χ1n) is 19.7. The normalized spacial score (nSPS) is 11.5. The highest BCUT2D eigenvalue weighted by molar-refractivity contribution is 6.10. The molecule has 1 nitrogen and oxygen atoms in total. The third kappa shape index (κ3) is 5.80. The van der Waals surface area contributed by atoms with Crippen LogP contribution in [0.2, 0.25) is 0 Å². The van der Waals surface area contributed by atoms with Gasteiger partial charge in [-0.05, 0) is 130 Å². The van der Waals surface area contributed by atoms with Crippen molar-refractivity contribution in [1.29, 1.82) is 0 Å². The number of hydrogen-bond donors (Lipinski definition) is 0. The molecule has 0 fully saturated rings. The first kappa shape index (κ1) is 32.9. The molecule has 11 aromatic carbocycles. The van der Waals surface area contributed by atoms with Crippen molar-refractivity contribution in [3.63, 3.8) is 0 Å². The molecule has 0 amide bonds. The third-order valence-electron chi connectivity index (χ3n) is 11.6. The molecule has 0 aliphatic heterocycles. The van der Waals surface area contributed by atoms with Crippen molar-refractivity contribution in [2.24, 2.45) is 0 Å². The van der Waals surface area contributed by atoms with Crippen LogP contribution in [-0.4, -0.2) is 0 Å². The molecule has 0 heterocycles. The first-order chi connectivity index (χ1) is 28.2. The molecule has 11 rings (SSSR count). The Morgan fingerprint density at radius 1 is 0.211 bits per heavy atom. The van der Waals surface area contributed by atoms with Gasteiger partial charge in [-0.1, -0.05) is 182 Å². The zero-order valence-corrected chi connectivity index (χ0v) is 31.3. The number of hydrogen-bond acceptors (Lipinski definition) is 1. The summed E-state index contributed by atoms with van der Waals surface area (Å²) >= 11 is 0. The Labute approximate surface area is 332 Å². The van der Waals surface area contributed by atoms with Gasteiger partial charge < -0.3 is 4.90 Å². The van der Waals surface area contributed by atoms with Gasteiger partial charge in [-0.2, -0.15) is 0 Å². The van der Waals surface area contributed by atoms with E-state index in [9.17, 15) is 0 Å². The van der Waals surface area contributed by atoms with Crippen LogP contribution in [0.15, 0.2) is 224 Å². The van der Waals surface area contributed by atoms with E-state index >= 15 is 0 Å². The molecule has 0 atom stereocenters. The highest BCUT2D eigenvalue weighted by Gasteiger charge is 2.18. The lowest BCUT2D eigenvalue weighted by atomic mass is 9.91. The predicted molar refractivity (Wildman–Crippen MR) is 245 cm³/mol. The van der Waals surface area contributed by atoms with Crippen LogP contribution in [0.4, 0.5) is 17.1 Å². The van der Waals surface area contributed by atoms with Crippen LogP contribution in [0.3, 0.4) is 0 Å². The van der Waals surface area contributed by atoms with Crippen LogP contribution in [0.25, 0.3) is 87.2 Å². The minimum atomic E-state index is 1.10. The van der Waals surface area contributed by atoms with E-state index in [1.807, 2.05) is 0 Å². The summed E-state index contributed by atoms with van der Waals surface area (Å²) in [6, 6.07) is 82.2. The number of rotatable bonds is 6. The van der Waals surface area contributed by atoms with Crippen LogP contribution in [0.5, 0.6) is 0 Å². The van der Waals surface area contributed by atoms with E-state index in [4.69, 9.17) is 0 Å². The highest BCUT2D eigenvalue weighted by atomic mass is 15.1. The molecule has 0 unspecified atom stereocenters. The molecule has 11 aromatic rings. The van der Waals surface area contributed by atoms with Gasteiger partial charge in [0.2, 0.25) is 0 Å². The second-order valence-corrected chi connectivity index (χ2v) is 14.9. The maximum atomic E-state index is 2.42. The summed E-state index contributed by atoms with van der Waals surface area (Å²) in [5.74, 6) is 0. The van der Waals surface area contributed by atoms with Gasteiger partial charge in [0.25, 0.3) is 0 Å². The van der Waals surface area contributed by atoms with Crippen molar-refractivity contribution in [2.45, 2.75) is 0 Å². The minimum absolute atomic E-state index is 1.10. The zero-order valence-electron chi connectivity index (χ0n) is 31.3. The van der Waals surface area contributed by atoms with Crippen LogP contribution in [0.1, 0.15) is 0 Å². The van der Waals surface area contributed by atoms with Crippen LogP contribution >= 0.6 is 0 Å². The molecule has 266 valence electrons. The van der Waals surface area contributed by atoms with Gasteiger partial charge in [-0.15, -0.1) is 0 Å². The molecule has 0 radical (unpaired) electrons. The van der Waals surface area contributed by atoms with Crippen LogP contribution < -0.4 is 4.90 Å². The monoisotopic (exact) mass is 723 g/mol. The second-order valence-electron chi connectivity index (χ2n) is 14.9. The molecule has 1 heteroatoms. The lowest BCUT2D eigenvalue weighted by molar-refractivity contribution is 1.29. The summed E-state index contributed by atoms with van der Waals surface area (Å²) in [7, 11) is 0. The molecular formula is C56H37N. The van der Waals surface area contributed by atoms with Crippen molar-refractivity contribution >= 4 is 70.9 Å². The van der Waals surface area contributed by atoms with E-state index in [0.717, 1.165) is 17.1 Å². The van der Waals surface area contributed by atoms with Gasteiger partial charge >= 0.3 is 0 Å². The Hall–Kier alpha value is -7.48. The van der Waals surface area contributed by atoms with Gasteiger partial charge in [-0.3, -0.25) is 0 Å². The third-order valence-corrected chi connectivity index (χ3v) is 11.6. The van der Waals surface area contributed by atoms with E-state index in [1.165, 1.54) is 87.2 Å². The molecule has 0 saturated heterocycles. The van der Waals surface area contributed by atoms with Crippen molar-refractivity contribution in [1.82, 2.24) is 0 Å². The van der Waals surface area contributed by atoms with Gasteiger partial charge in [0.1, 0.15) is 0 Å². The Bertz CT molecular complexity index is 3280. The topological polar surface area (TPSA) is 3.24 Å². The fourth-order valence-electron chi connectivity index (χ4n) is 8.79. The SMILES string of the molecule is c1ccc(-c2ccc(N(c3ccc(-c4cccc5ccccc45)cc3)c3ccc4ccc5ccccc5c4c3)cc2-c2ccc3ccc4ccccc4c3c2)cc1. The summed E-state index contributed by atoms with van der Waals surface area (Å²) in [6.45, 7) is 0. The fourth-order valence-corrected chi connectivity index (χ4v) is 8.79. The Kier molecular flexibility index (Phi) is 7.89. The average molecular weight is 724 g/mol. The largest absolute Gasteiger partial charge is 0.310 e. The van der Waals surface area contributed by atoms with E-state index < -0.39 is 0 Å². The first-order valence-corrected chi connectivity index (χ1v) is 19.7. The van der Waals surface area contributed by atoms with Crippen molar-refractivity contribution in [2.75, 3.05) is 4.90 Å². The summed E-state index contributed by atoms with van der Waals surface area (Å²) < 4.78 is 0. The second kappa shape index (κ2) is 13.7. The molecule has 0 spiro atoms. The maximum Gasteiger partial charge on any atom is 0.0468 e. The quantitative estimate of drug-likeness (QED) is 0.154. The Morgan fingerprint density at radius 2 is 0.667 bits per heavy atom. The maximum absolute atomic E-state index is 2.42. The molecule has 0 aromatic heterocycles. The summed E-state index contributed by atoms with van der Waals surface area (Å²) in [6.07, 6.45) is 0. The van der Waals surface area contributed by atoms with Crippen LogP contribution in [-0.2, 0) is 0 Å². The van der Waals surface area contributed by atoms with E-state index in [0.29, 0.717) is 0 Å². The molecular weight excluding hydrogens is 687 g/mol. The summed E-state index contributed by atoms with van der Waals surface area (Å²) in [4.78, 5) is 2.42. The fraction of sp³-hybridized carbons (Fsp3) is 0. The van der Waals surface area contributed by atoms with Crippen molar-refractivity contribution < 1.29 is 0 Å². The van der Waals surface area contributed by atoms with Gasteiger partial charge in [0, 0.05) is 17.1 Å². The number of nitrogens with zero attached hydrogens (tertiary/aromatic N) is 1. The number of benzene rings is 11. The van der Waals surface area contributed by atoms with E-state index in [2.05, 4.69) is 229 Å². The summed E-state index contributed by atoms with van der Waals surface area (Å²) in [5, 5.41) is 12.5. The van der Waals surface area contributed by atoms with Gasteiger partial charge in [0.05, 0.1) is 0 Å². The van der Waals surface area contributed by atoms with Gasteiger partial charge in [-0.25, -0.2) is 0 Å². The minimum Gasteiger partial charge on any atom is -0.310 e. The Morgan fingerprint density at radius 3 is 1.37 bits per heavy atom. The lowest BCUT2D eigenvalue weighted by Crippen LogP contribution is -2.10. The van der Waals surface area contributed by atoms with E-state index in [1.54, 1.807) is 0 Å². The number of anilines is 3. The van der Waals surface area contributed by atoms with E-state index in [-0.39, 0.29) is 0 Å². The number of fused-ring (bicyclic) bond motifs is 7. The summed E-state index contributed by atoms with van der Waals surface area (Å²) in [5.41, 5.74) is 10.5. The lowest BCUT2D eigenvalue weighted by Gasteiger charge is -2.27. The standard InChI is InChI=1S/C56H37N/c1-2-11-38(12-3-1)53-34-33-48(37-56(53)45-26-25-43-23-21-40-14-5-8-18-51(40)54(43)35-45)57(47-32-29-44-24-22-41-15-6-9-19-52(41)55(44)36-47)46-30-27-42(28-31-46)50-20-10-16-39-13-4-7-17-49(39)50/h1-37H. The molecule has 0 bridgehead atoms. The smallest absolute Gasteiger partial charge is 0.0468 e. The molecule has 0 N–H and O–H groups in total. The Balaban J connectivity index is 1.13. The molecule has 0 aliphatic carbocycles. The van der Waals surface area contributed by atoms with Crippen LogP contribution in [0, 0.1) is 0 Å². The predicted octanol–water partition coefficient (Wildman–Crippen LogP) is 15.9. The molecule has 57 heavy (non-hydrogen) atoms. The average Bonchev–Trinajstić information content (AvgIpc) is 3.29. The molecule has 0 saturated carbocycles. The highest BCUT2D eigenvalue weighted by Crippen LogP contribution is 2.43. The van der Waals surface area contributed by atoms with Crippen molar-refractivity contribution in [3.05, 3.63) is 224 Å². The molecule has 0 aliphatic rings. The zero-order chi connectivity index (χ0) is 37.7. The van der Waals surface area contributed by atoms with Gasteiger partial charge in [0.15, 0.2) is 0 Å².